The number of halogens is 1. The number of aryl methyl sites for hydroxylation is 1. The number of carbonyl (C=O) groups excluding carboxylic acids is 1. The van der Waals surface area contributed by atoms with Crippen molar-refractivity contribution >= 4 is 23.6 Å². The molecular weight excluding hydrogens is 451 g/mol. The van der Waals surface area contributed by atoms with Crippen LogP contribution in [0.3, 0.4) is 0 Å². The highest BCUT2D eigenvalue weighted by atomic mass is 19.1. The Balaban J connectivity index is 1.36. The summed E-state index contributed by atoms with van der Waals surface area (Å²) in [6.45, 7) is 5.31. The number of likely N-dealkylation sites (tertiary alicyclic amines) is 2. The molecule has 6 rings (SSSR count). The van der Waals surface area contributed by atoms with Crippen molar-refractivity contribution in [3.63, 3.8) is 0 Å². The number of nitrogens with one attached hydrogen (secondary N) is 2. The maximum absolute atomic E-state index is 13.4. The standard InChI is InChI=1S/C30H31FN4O/c1-20-15-27(33-24-11-9-23(31)10-12-24)22(17-32)16-25(20)30-19-35(29(36)34-13-5-6-14-34)18-26(30)28(30)21-7-3-2-4-8-21/h2-4,7-12,15-17,26,28,32-33H,5-6,13-14,18-19H2,1H3. The molecule has 2 N–H and O–H groups in total. The van der Waals surface area contributed by atoms with Gasteiger partial charge in [0.15, 0.2) is 0 Å². The highest BCUT2D eigenvalue weighted by molar-refractivity contribution is 5.89. The van der Waals surface area contributed by atoms with E-state index in [1.165, 1.54) is 29.5 Å². The summed E-state index contributed by atoms with van der Waals surface area (Å²) in [6, 6.07) is 21.3. The monoisotopic (exact) mass is 482 g/mol. The van der Waals surface area contributed by atoms with Crippen LogP contribution in [0.15, 0.2) is 66.7 Å². The van der Waals surface area contributed by atoms with Crippen LogP contribution in [0.2, 0.25) is 0 Å². The average molecular weight is 483 g/mol. The van der Waals surface area contributed by atoms with Crippen molar-refractivity contribution in [3.8, 4) is 0 Å². The summed E-state index contributed by atoms with van der Waals surface area (Å²) in [4.78, 5) is 17.4. The van der Waals surface area contributed by atoms with Crippen LogP contribution in [0, 0.1) is 24.1 Å². The summed E-state index contributed by atoms with van der Waals surface area (Å²) >= 11 is 0. The second kappa shape index (κ2) is 8.77. The highest BCUT2D eigenvalue weighted by Gasteiger charge is 2.71. The molecular formula is C30H31FN4O. The molecule has 3 aromatic rings. The summed E-state index contributed by atoms with van der Waals surface area (Å²) in [5.41, 5.74) is 5.93. The summed E-state index contributed by atoms with van der Waals surface area (Å²) in [6.07, 6.45) is 3.55. The second-order valence-corrected chi connectivity index (χ2v) is 10.4. The Hall–Kier alpha value is -3.67. The number of amides is 2. The fraction of sp³-hybridized carbons (Fsp3) is 0.333. The topological polar surface area (TPSA) is 59.4 Å². The number of piperidine rings is 1. The zero-order valence-corrected chi connectivity index (χ0v) is 20.5. The molecule has 3 aromatic carbocycles. The van der Waals surface area contributed by atoms with E-state index in [0.717, 1.165) is 55.0 Å². The van der Waals surface area contributed by atoms with Crippen LogP contribution in [0.5, 0.6) is 0 Å². The predicted molar refractivity (Wildman–Crippen MR) is 141 cm³/mol. The van der Waals surface area contributed by atoms with Crippen LogP contribution >= 0.6 is 0 Å². The Morgan fingerprint density at radius 2 is 1.78 bits per heavy atom. The lowest BCUT2D eigenvalue weighted by Gasteiger charge is -2.29. The molecule has 0 bridgehead atoms. The van der Waals surface area contributed by atoms with E-state index >= 15 is 0 Å². The van der Waals surface area contributed by atoms with Crippen molar-refractivity contribution in [2.75, 3.05) is 31.5 Å². The van der Waals surface area contributed by atoms with Crippen LogP contribution in [0.1, 0.15) is 41.0 Å². The number of rotatable bonds is 5. The lowest BCUT2D eigenvalue weighted by Crippen LogP contribution is -2.43. The molecule has 36 heavy (non-hydrogen) atoms. The molecule has 2 aliphatic heterocycles. The predicted octanol–water partition coefficient (Wildman–Crippen LogP) is 6.06. The highest BCUT2D eigenvalue weighted by Crippen LogP contribution is 2.69. The van der Waals surface area contributed by atoms with Gasteiger partial charge < -0.3 is 20.5 Å². The van der Waals surface area contributed by atoms with Gasteiger partial charge in [-0.1, -0.05) is 30.3 Å². The average Bonchev–Trinajstić information content (AvgIpc) is 3.25. The SMILES string of the molecule is Cc1cc(Nc2ccc(F)cc2)c(C=N)cc1C12CN(C(=O)N3CCCC3)CC1C2c1ccccc1. The minimum absolute atomic E-state index is 0.146. The quantitative estimate of drug-likeness (QED) is 0.435. The van der Waals surface area contributed by atoms with E-state index in [4.69, 9.17) is 5.41 Å². The molecule has 5 nitrogen and oxygen atoms in total. The number of hydrogen-bond donors (Lipinski definition) is 2. The lowest BCUT2D eigenvalue weighted by molar-refractivity contribution is 0.166. The van der Waals surface area contributed by atoms with E-state index in [1.54, 1.807) is 12.1 Å². The van der Waals surface area contributed by atoms with Crippen LogP contribution < -0.4 is 5.32 Å². The van der Waals surface area contributed by atoms with E-state index in [0.29, 0.717) is 18.4 Å². The number of hydrogen-bond acceptors (Lipinski definition) is 3. The number of anilines is 2. The molecule has 3 aliphatic rings. The molecule has 2 amide bonds. The fourth-order valence-electron chi connectivity index (χ4n) is 6.66. The van der Waals surface area contributed by atoms with Crippen LogP contribution in [0.4, 0.5) is 20.6 Å². The van der Waals surface area contributed by atoms with Crippen molar-refractivity contribution < 1.29 is 9.18 Å². The van der Waals surface area contributed by atoms with E-state index in [1.807, 2.05) is 11.0 Å². The van der Waals surface area contributed by atoms with E-state index < -0.39 is 0 Å². The third-order valence-electron chi connectivity index (χ3n) is 8.36. The van der Waals surface area contributed by atoms with E-state index in [2.05, 4.69) is 53.5 Å². The third kappa shape index (κ3) is 3.67. The van der Waals surface area contributed by atoms with Gasteiger partial charge in [0.2, 0.25) is 0 Å². The van der Waals surface area contributed by atoms with Gasteiger partial charge in [-0.05, 0) is 78.8 Å². The van der Waals surface area contributed by atoms with Gasteiger partial charge in [-0.25, -0.2) is 9.18 Å². The smallest absolute Gasteiger partial charge is 0.320 e. The molecule has 2 saturated heterocycles. The summed E-state index contributed by atoms with van der Waals surface area (Å²) in [5.74, 6) is 0.439. The molecule has 0 aromatic heterocycles. The molecule has 1 saturated carbocycles. The Kier molecular flexibility index (Phi) is 5.55. The van der Waals surface area contributed by atoms with Gasteiger partial charge in [-0.2, -0.15) is 0 Å². The summed E-state index contributed by atoms with van der Waals surface area (Å²) in [7, 11) is 0. The van der Waals surface area contributed by atoms with Gasteiger partial charge in [0.1, 0.15) is 5.82 Å². The lowest BCUT2D eigenvalue weighted by atomic mass is 9.86. The number of urea groups is 1. The third-order valence-corrected chi connectivity index (χ3v) is 8.36. The van der Waals surface area contributed by atoms with Gasteiger partial charge in [0.05, 0.1) is 0 Å². The Labute approximate surface area is 211 Å². The second-order valence-electron chi connectivity index (χ2n) is 10.4. The first-order valence-corrected chi connectivity index (χ1v) is 12.8. The molecule has 3 fully saturated rings. The Morgan fingerprint density at radius 1 is 1.06 bits per heavy atom. The van der Waals surface area contributed by atoms with E-state index in [-0.39, 0.29) is 17.3 Å². The molecule has 1 aliphatic carbocycles. The van der Waals surface area contributed by atoms with Gasteiger partial charge >= 0.3 is 6.03 Å². The normalized spacial score (nSPS) is 24.5. The first kappa shape index (κ1) is 22.8. The van der Waals surface area contributed by atoms with Gasteiger partial charge in [-0.3, -0.25) is 0 Å². The molecule has 0 spiro atoms. The van der Waals surface area contributed by atoms with Crippen molar-refractivity contribution in [3.05, 3.63) is 94.8 Å². The van der Waals surface area contributed by atoms with Gasteiger partial charge in [-0.15, -0.1) is 0 Å². The minimum atomic E-state index is -0.278. The minimum Gasteiger partial charge on any atom is -0.355 e. The maximum Gasteiger partial charge on any atom is 0.320 e. The van der Waals surface area contributed by atoms with Crippen molar-refractivity contribution in [2.24, 2.45) is 5.92 Å². The number of carbonyl (C=O) groups is 1. The Bertz CT molecular complexity index is 1300. The molecule has 3 unspecified atom stereocenters. The molecule has 184 valence electrons. The van der Waals surface area contributed by atoms with Crippen molar-refractivity contribution in [2.45, 2.75) is 31.1 Å². The first-order valence-electron chi connectivity index (χ1n) is 12.8. The summed E-state index contributed by atoms with van der Waals surface area (Å²) < 4.78 is 13.4. The van der Waals surface area contributed by atoms with Crippen LogP contribution in [-0.4, -0.2) is 48.2 Å². The van der Waals surface area contributed by atoms with Crippen molar-refractivity contribution in [1.29, 1.82) is 5.41 Å². The van der Waals surface area contributed by atoms with Crippen LogP contribution in [-0.2, 0) is 5.41 Å². The summed E-state index contributed by atoms with van der Waals surface area (Å²) in [5, 5.41) is 11.5. The Morgan fingerprint density at radius 3 is 2.47 bits per heavy atom. The van der Waals surface area contributed by atoms with Crippen molar-refractivity contribution in [1.82, 2.24) is 9.80 Å². The number of fused-ring (bicyclic) bond motifs is 1. The van der Waals surface area contributed by atoms with Gasteiger partial charge in [0, 0.05) is 60.7 Å². The number of nitrogens with zero attached hydrogens (tertiary/aromatic N) is 2. The first-order chi connectivity index (χ1) is 17.5. The fourth-order valence-corrected chi connectivity index (χ4v) is 6.66. The zero-order chi connectivity index (χ0) is 24.9. The maximum atomic E-state index is 13.4. The zero-order valence-electron chi connectivity index (χ0n) is 20.5. The molecule has 0 radical (unpaired) electrons. The largest absolute Gasteiger partial charge is 0.355 e. The van der Waals surface area contributed by atoms with Gasteiger partial charge in [0.25, 0.3) is 0 Å². The molecule has 3 atom stereocenters. The van der Waals surface area contributed by atoms with E-state index in [9.17, 15) is 9.18 Å². The number of benzene rings is 3. The molecule has 2 heterocycles. The molecule has 6 heteroatoms. The van der Waals surface area contributed by atoms with Crippen LogP contribution in [0.25, 0.3) is 0 Å².